The minimum Gasteiger partial charge on any atom is -0.265 e. The number of fused-ring (bicyclic) bond motifs is 1. The maximum absolute atomic E-state index is 13.1. The zero-order valence-electron chi connectivity index (χ0n) is 11.5. The summed E-state index contributed by atoms with van der Waals surface area (Å²) in [4.78, 5) is 8.50. The molecule has 1 aromatic carbocycles. The van der Waals surface area contributed by atoms with Crippen molar-refractivity contribution in [2.75, 3.05) is 0 Å². The maximum Gasteiger partial charge on any atom is 0.162 e. The predicted molar refractivity (Wildman–Crippen MR) is 81.6 cm³/mol. The van der Waals surface area contributed by atoms with Crippen molar-refractivity contribution in [2.24, 2.45) is 0 Å². The van der Waals surface area contributed by atoms with Gasteiger partial charge in [0.1, 0.15) is 5.82 Å². The van der Waals surface area contributed by atoms with Crippen molar-refractivity contribution in [1.82, 2.24) is 19.6 Å². The van der Waals surface area contributed by atoms with Gasteiger partial charge in [-0.1, -0.05) is 12.1 Å². The van der Waals surface area contributed by atoms with Gasteiger partial charge in [0.05, 0.1) is 11.9 Å². The van der Waals surface area contributed by atoms with E-state index >= 15 is 0 Å². The molecule has 4 aromatic rings. The molecule has 4 rings (SSSR count). The van der Waals surface area contributed by atoms with Crippen molar-refractivity contribution in [3.63, 3.8) is 0 Å². The molecule has 4 nitrogen and oxygen atoms in total. The summed E-state index contributed by atoms with van der Waals surface area (Å²) in [5, 5.41) is 4.38. The van der Waals surface area contributed by atoms with E-state index < -0.39 is 0 Å². The number of rotatable bonds is 2. The molecule has 0 unspecified atom stereocenters. The van der Waals surface area contributed by atoms with E-state index in [-0.39, 0.29) is 5.82 Å². The van der Waals surface area contributed by atoms with Gasteiger partial charge < -0.3 is 0 Å². The molecule has 0 atom stereocenters. The largest absolute Gasteiger partial charge is 0.265 e. The summed E-state index contributed by atoms with van der Waals surface area (Å²) in [7, 11) is 0. The second-order valence-corrected chi connectivity index (χ2v) is 4.87. The number of benzene rings is 1. The second-order valence-electron chi connectivity index (χ2n) is 4.87. The van der Waals surface area contributed by atoms with E-state index in [9.17, 15) is 4.39 Å². The number of hydrogen-bond acceptors (Lipinski definition) is 3. The Labute approximate surface area is 125 Å². The van der Waals surface area contributed by atoms with E-state index in [0.29, 0.717) is 0 Å². The highest BCUT2D eigenvalue weighted by Crippen LogP contribution is 2.26. The molecule has 0 N–H and O–H groups in total. The molecule has 0 bridgehead atoms. The normalized spacial score (nSPS) is 11.0. The lowest BCUT2D eigenvalue weighted by molar-refractivity contribution is 0.628. The van der Waals surface area contributed by atoms with Crippen molar-refractivity contribution < 1.29 is 4.39 Å². The Morgan fingerprint density at radius 3 is 2.36 bits per heavy atom. The third-order valence-electron chi connectivity index (χ3n) is 3.53. The monoisotopic (exact) mass is 290 g/mol. The van der Waals surface area contributed by atoms with Crippen LogP contribution in [-0.4, -0.2) is 19.6 Å². The van der Waals surface area contributed by atoms with E-state index in [4.69, 9.17) is 0 Å². The average Bonchev–Trinajstić information content (AvgIpc) is 3.00. The van der Waals surface area contributed by atoms with Crippen LogP contribution in [0.15, 0.2) is 67.3 Å². The zero-order valence-corrected chi connectivity index (χ0v) is 11.5. The molecule has 0 aliphatic carbocycles. The smallest absolute Gasteiger partial charge is 0.162 e. The SMILES string of the molecule is Fc1ccc(-c2ccnn3c(-c4ccncc4)cnc23)cc1. The van der Waals surface area contributed by atoms with Crippen LogP contribution >= 0.6 is 0 Å². The van der Waals surface area contributed by atoms with Crippen LogP contribution in [0.1, 0.15) is 0 Å². The van der Waals surface area contributed by atoms with Crippen LogP contribution < -0.4 is 0 Å². The highest BCUT2D eigenvalue weighted by Gasteiger charge is 2.11. The fourth-order valence-electron chi connectivity index (χ4n) is 2.47. The fourth-order valence-corrected chi connectivity index (χ4v) is 2.47. The zero-order chi connectivity index (χ0) is 14.9. The van der Waals surface area contributed by atoms with E-state index in [0.717, 1.165) is 28.0 Å². The fraction of sp³-hybridized carbons (Fsp3) is 0. The number of nitrogens with zero attached hydrogens (tertiary/aromatic N) is 4. The van der Waals surface area contributed by atoms with Crippen molar-refractivity contribution >= 4 is 5.65 Å². The van der Waals surface area contributed by atoms with Crippen molar-refractivity contribution in [3.05, 3.63) is 73.1 Å². The van der Waals surface area contributed by atoms with Gasteiger partial charge in [-0.3, -0.25) is 4.98 Å². The van der Waals surface area contributed by atoms with Gasteiger partial charge >= 0.3 is 0 Å². The van der Waals surface area contributed by atoms with Crippen LogP contribution in [0.25, 0.3) is 28.0 Å². The molecule has 3 aromatic heterocycles. The Balaban J connectivity index is 1.92. The van der Waals surface area contributed by atoms with Gasteiger partial charge in [0, 0.05) is 29.7 Å². The van der Waals surface area contributed by atoms with E-state index in [2.05, 4.69) is 15.1 Å². The summed E-state index contributed by atoms with van der Waals surface area (Å²) in [5.74, 6) is -0.255. The molecule has 0 aliphatic rings. The topological polar surface area (TPSA) is 43.1 Å². The molecule has 3 heterocycles. The minimum atomic E-state index is -0.255. The Kier molecular flexibility index (Phi) is 2.89. The number of aromatic nitrogens is 4. The highest BCUT2D eigenvalue weighted by atomic mass is 19.1. The first-order chi connectivity index (χ1) is 10.8. The molecule has 0 aliphatic heterocycles. The summed E-state index contributed by atoms with van der Waals surface area (Å²) in [5.41, 5.74) is 4.43. The standard InChI is InChI=1S/C17H11FN4/c18-14-3-1-12(2-4-14)15-7-10-21-22-16(11-20-17(15)22)13-5-8-19-9-6-13/h1-11H. The van der Waals surface area contributed by atoms with Crippen molar-refractivity contribution in [2.45, 2.75) is 0 Å². The van der Waals surface area contributed by atoms with E-state index in [1.54, 1.807) is 41.4 Å². The summed E-state index contributed by atoms with van der Waals surface area (Å²) in [6, 6.07) is 12.1. The number of imidazole rings is 1. The third-order valence-corrected chi connectivity index (χ3v) is 3.53. The maximum atomic E-state index is 13.1. The molecule has 5 heteroatoms. The summed E-state index contributed by atoms with van der Waals surface area (Å²) in [6.45, 7) is 0. The van der Waals surface area contributed by atoms with Gasteiger partial charge in [0.15, 0.2) is 5.65 Å². The molecule has 0 radical (unpaired) electrons. The molecule has 0 spiro atoms. The summed E-state index contributed by atoms with van der Waals surface area (Å²) in [6.07, 6.45) is 6.97. The van der Waals surface area contributed by atoms with Crippen LogP contribution in [0.4, 0.5) is 4.39 Å². The molecule has 106 valence electrons. The van der Waals surface area contributed by atoms with Crippen LogP contribution in [0.5, 0.6) is 0 Å². The molecule has 22 heavy (non-hydrogen) atoms. The predicted octanol–water partition coefficient (Wildman–Crippen LogP) is 3.60. The van der Waals surface area contributed by atoms with Gasteiger partial charge in [-0.2, -0.15) is 5.10 Å². The number of halogens is 1. The molecule has 0 fully saturated rings. The molecule has 0 saturated carbocycles. The minimum absolute atomic E-state index is 0.255. The lowest BCUT2D eigenvalue weighted by Crippen LogP contribution is -1.95. The van der Waals surface area contributed by atoms with Crippen LogP contribution in [0.2, 0.25) is 0 Å². The average molecular weight is 290 g/mol. The van der Waals surface area contributed by atoms with Crippen molar-refractivity contribution in [1.29, 1.82) is 0 Å². The quantitative estimate of drug-likeness (QED) is 0.566. The molecular formula is C17H11FN4. The number of hydrogen-bond donors (Lipinski definition) is 0. The van der Waals surface area contributed by atoms with Gasteiger partial charge in [-0.05, 0) is 35.9 Å². The Morgan fingerprint density at radius 2 is 1.59 bits per heavy atom. The Bertz CT molecular complexity index is 930. The van der Waals surface area contributed by atoms with Crippen LogP contribution in [0, 0.1) is 5.82 Å². The van der Waals surface area contributed by atoms with Crippen LogP contribution in [0.3, 0.4) is 0 Å². The van der Waals surface area contributed by atoms with Gasteiger partial charge in [-0.15, -0.1) is 0 Å². The van der Waals surface area contributed by atoms with Gasteiger partial charge in [0.25, 0.3) is 0 Å². The molecule has 0 amide bonds. The van der Waals surface area contributed by atoms with E-state index in [1.807, 2.05) is 18.2 Å². The highest BCUT2D eigenvalue weighted by molar-refractivity contribution is 5.79. The summed E-state index contributed by atoms with van der Waals surface area (Å²) < 4.78 is 14.9. The summed E-state index contributed by atoms with van der Waals surface area (Å²) >= 11 is 0. The lowest BCUT2D eigenvalue weighted by Gasteiger charge is -2.05. The van der Waals surface area contributed by atoms with Gasteiger partial charge in [0.2, 0.25) is 0 Å². The molecule has 0 saturated heterocycles. The molecular weight excluding hydrogens is 279 g/mol. The van der Waals surface area contributed by atoms with E-state index in [1.165, 1.54) is 12.1 Å². The Hall–Kier alpha value is -3.08. The first-order valence-corrected chi connectivity index (χ1v) is 6.82. The first-order valence-electron chi connectivity index (χ1n) is 6.82. The Morgan fingerprint density at radius 1 is 0.818 bits per heavy atom. The van der Waals surface area contributed by atoms with Crippen molar-refractivity contribution in [3.8, 4) is 22.4 Å². The second kappa shape index (κ2) is 5.04. The van der Waals surface area contributed by atoms with Crippen LogP contribution in [-0.2, 0) is 0 Å². The first kappa shape index (κ1) is 12.6. The third kappa shape index (κ3) is 2.03. The number of pyridine rings is 1. The lowest BCUT2D eigenvalue weighted by atomic mass is 10.1. The van der Waals surface area contributed by atoms with Gasteiger partial charge in [-0.25, -0.2) is 13.9 Å².